The number of imidazole rings is 1. The van der Waals surface area contributed by atoms with Crippen molar-refractivity contribution in [3.8, 4) is 0 Å². The van der Waals surface area contributed by atoms with Crippen molar-refractivity contribution >= 4 is 22.7 Å². The van der Waals surface area contributed by atoms with Gasteiger partial charge in [0.2, 0.25) is 5.95 Å². The Balaban J connectivity index is 1.80. The zero-order valence-corrected chi connectivity index (χ0v) is 10.7. The van der Waals surface area contributed by atoms with Gasteiger partial charge < -0.3 is 10.3 Å². The number of aromatic amines is 1. The van der Waals surface area contributed by atoms with Crippen LogP contribution in [0.3, 0.4) is 0 Å². The highest BCUT2D eigenvalue weighted by Crippen LogP contribution is 2.20. The van der Waals surface area contributed by atoms with Gasteiger partial charge in [0, 0.05) is 25.4 Å². The highest BCUT2D eigenvalue weighted by atomic mass is 16.6. The number of nitrogens with one attached hydrogen (secondary N) is 2. The molecule has 2 aromatic heterocycles. The Bertz CT molecular complexity index is 775. The molecule has 0 spiro atoms. The maximum absolute atomic E-state index is 10.7. The largest absolute Gasteiger partial charge is 0.350 e. The van der Waals surface area contributed by atoms with Gasteiger partial charge in [0.25, 0.3) is 5.69 Å². The molecule has 0 saturated heterocycles. The van der Waals surface area contributed by atoms with Gasteiger partial charge in [-0.1, -0.05) is 0 Å². The third kappa shape index (κ3) is 2.30. The quantitative estimate of drug-likeness (QED) is 0.557. The van der Waals surface area contributed by atoms with Crippen molar-refractivity contribution in [3.63, 3.8) is 0 Å². The van der Waals surface area contributed by atoms with E-state index >= 15 is 0 Å². The van der Waals surface area contributed by atoms with Crippen LogP contribution in [0.1, 0.15) is 5.69 Å². The molecule has 0 fully saturated rings. The van der Waals surface area contributed by atoms with E-state index in [-0.39, 0.29) is 5.69 Å². The van der Waals surface area contributed by atoms with Gasteiger partial charge >= 0.3 is 0 Å². The summed E-state index contributed by atoms with van der Waals surface area (Å²) in [5.74, 6) is 0.561. The fourth-order valence-electron chi connectivity index (χ4n) is 1.93. The Hall–Kier alpha value is -2.90. The lowest BCUT2D eigenvalue weighted by atomic mass is 10.3. The number of nitro benzene ring substituents is 1. The second-order valence-corrected chi connectivity index (χ2v) is 4.38. The normalized spacial score (nSPS) is 10.8. The van der Waals surface area contributed by atoms with Crippen LogP contribution in [0.25, 0.3) is 11.0 Å². The van der Waals surface area contributed by atoms with Crippen molar-refractivity contribution in [3.05, 3.63) is 46.3 Å². The predicted molar refractivity (Wildman–Crippen MR) is 73.3 cm³/mol. The molecule has 8 heteroatoms. The van der Waals surface area contributed by atoms with Crippen molar-refractivity contribution < 1.29 is 4.92 Å². The van der Waals surface area contributed by atoms with Crippen LogP contribution < -0.4 is 5.32 Å². The van der Waals surface area contributed by atoms with Gasteiger partial charge in [-0.15, -0.1) is 0 Å². The van der Waals surface area contributed by atoms with Crippen LogP contribution >= 0.6 is 0 Å². The van der Waals surface area contributed by atoms with Crippen molar-refractivity contribution in [1.82, 2.24) is 19.7 Å². The molecule has 0 amide bonds. The number of anilines is 1. The Morgan fingerprint density at radius 1 is 1.45 bits per heavy atom. The van der Waals surface area contributed by atoms with Crippen LogP contribution in [0.4, 0.5) is 11.6 Å². The second kappa shape index (κ2) is 4.65. The molecule has 0 aliphatic carbocycles. The van der Waals surface area contributed by atoms with Crippen LogP contribution in [0, 0.1) is 10.1 Å². The zero-order chi connectivity index (χ0) is 14.1. The number of nitrogens with zero attached hydrogens (tertiary/aromatic N) is 4. The van der Waals surface area contributed by atoms with E-state index in [9.17, 15) is 10.1 Å². The molecule has 20 heavy (non-hydrogen) atoms. The molecule has 0 unspecified atom stereocenters. The number of aromatic nitrogens is 4. The Morgan fingerprint density at radius 3 is 3.00 bits per heavy atom. The molecular weight excluding hydrogens is 260 g/mol. The number of nitro groups is 1. The first-order chi connectivity index (χ1) is 9.61. The van der Waals surface area contributed by atoms with Crippen LogP contribution in [-0.2, 0) is 13.6 Å². The number of rotatable bonds is 4. The van der Waals surface area contributed by atoms with Crippen molar-refractivity contribution in [2.24, 2.45) is 7.05 Å². The smallest absolute Gasteiger partial charge is 0.271 e. The van der Waals surface area contributed by atoms with E-state index in [2.05, 4.69) is 20.4 Å². The lowest BCUT2D eigenvalue weighted by Gasteiger charge is -1.98. The van der Waals surface area contributed by atoms with E-state index < -0.39 is 4.92 Å². The third-order valence-corrected chi connectivity index (χ3v) is 2.88. The second-order valence-electron chi connectivity index (χ2n) is 4.38. The van der Waals surface area contributed by atoms with Gasteiger partial charge in [-0.2, -0.15) is 5.10 Å². The molecule has 0 radical (unpaired) electrons. The molecule has 0 saturated carbocycles. The molecule has 0 bridgehead atoms. The summed E-state index contributed by atoms with van der Waals surface area (Å²) < 4.78 is 1.72. The van der Waals surface area contributed by atoms with Gasteiger partial charge in [0.05, 0.1) is 28.2 Å². The summed E-state index contributed by atoms with van der Waals surface area (Å²) in [7, 11) is 1.85. The number of aryl methyl sites for hydroxylation is 1. The number of non-ortho nitro benzene ring substituents is 1. The SMILES string of the molecule is Cn1ccc(CNc2nc3ccc([N+](=O)[O-])cc3[nH]2)n1. The molecule has 2 heterocycles. The summed E-state index contributed by atoms with van der Waals surface area (Å²) in [5, 5.41) is 18.0. The zero-order valence-electron chi connectivity index (χ0n) is 10.7. The van der Waals surface area contributed by atoms with E-state index in [0.29, 0.717) is 23.5 Å². The number of benzene rings is 1. The molecule has 102 valence electrons. The van der Waals surface area contributed by atoms with Crippen LogP contribution in [-0.4, -0.2) is 24.7 Å². The molecular formula is C12H12N6O2. The van der Waals surface area contributed by atoms with Gasteiger partial charge in [0.15, 0.2) is 0 Å². The van der Waals surface area contributed by atoms with E-state index in [0.717, 1.165) is 5.69 Å². The van der Waals surface area contributed by atoms with Crippen molar-refractivity contribution in [2.75, 3.05) is 5.32 Å². The van der Waals surface area contributed by atoms with Crippen molar-refractivity contribution in [2.45, 2.75) is 6.54 Å². The van der Waals surface area contributed by atoms with Gasteiger partial charge in [-0.3, -0.25) is 14.8 Å². The summed E-state index contributed by atoms with van der Waals surface area (Å²) in [6, 6.07) is 6.43. The first kappa shape index (κ1) is 12.2. The molecule has 0 aliphatic heterocycles. The average molecular weight is 272 g/mol. The fraction of sp³-hybridized carbons (Fsp3) is 0.167. The van der Waals surface area contributed by atoms with E-state index in [1.807, 2.05) is 19.3 Å². The number of fused-ring (bicyclic) bond motifs is 1. The van der Waals surface area contributed by atoms with Crippen LogP contribution in [0.5, 0.6) is 0 Å². The van der Waals surface area contributed by atoms with Crippen LogP contribution in [0.15, 0.2) is 30.5 Å². The Morgan fingerprint density at radius 2 is 2.30 bits per heavy atom. The summed E-state index contributed by atoms with van der Waals surface area (Å²) in [4.78, 5) is 17.6. The molecule has 2 N–H and O–H groups in total. The van der Waals surface area contributed by atoms with E-state index in [4.69, 9.17) is 0 Å². The lowest BCUT2D eigenvalue weighted by molar-refractivity contribution is -0.384. The van der Waals surface area contributed by atoms with Gasteiger partial charge in [-0.05, 0) is 12.1 Å². The summed E-state index contributed by atoms with van der Waals surface area (Å²) in [5.41, 5.74) is 2.23. The first-order valence-electron chi connectivity index (χ1n) is 5.98. The minimum atomic E-state index is -0.429. The average Bonchev–Trinajstić information content (AvgIpc) is 3.00. The number of hydrogen-bond acceptors (Lipinski definition) is 5. The number of H-pyrrole nitrogens is 1. The molecule has 8 nitrogen and oxygen atoms in total. The van der Waals surface area contributed by atoms with E-state index in [1.165, 1.54) is 12.1 Å². The minimum absolute atomic E-state index is 0.0393. The Labute approximate surface area is 113 Å². The molecule has 0 atom stereocenters. The highest BCUT2D eigenvalue weighted by Gasteiger charge is 2.09. The molecule has 3 aromatic rings. The lowest BCUT2D eigenvalue weighted by Crippen LogP contribution is -2.02. The number of hydrogen-bond donors (Lipinski definition) is 2. The summed E-state index contributed by atoms with van der Waals surface area (Å²) >= 11 is 0. The summed E-state index contributed by atoms with van der Waals surface area (Å²) in [6.45, 7) is 0.531. The molecule has 1 aromatic carbocycles. The maximum atomic E-state index is 10.7. The van der Waals surface area contributed by atoms with Gasteiger partial charge in [-0.25, -0.2) is 4.98 Å². The highest BCUT2D eigenvalue weighted by molar-refractivity contribution is 5.79. The van der Waals surface area contributed by atoms with Crippen molar-refractivity contribution in [1.29, 1.82) is 0 Å². The third-order valence-electron chi connectivity index (χ3n) is 2.88. The fourth-order valence-corrected chi connectivity index (χ4v) is 1.93. The standard InChI is InChI=1S/C12H12N6O2/c1-17-5-4-8(16-17)7-13-12-14-10-3-2-9(18(19)20)6-11(10)15-12/h2-6H,7H2,1H3,(H2,13,14,15). The topological polar surface area (TPSA) is 102 Å². The first-order valence-corrected chi connectivity index (χ1v) is 5.98. The molecule has 0 aliphatic rings. The summed E-state index contributed by atoms with van der Waals surface area (Å²) in [6.07, 6.45) is 1.86. The molecule has 3 rings (SSSR count). The predicted octanol–water partition coefficient (Wildman–Crippen LogP) is 1.82. The Kier molecular flexibility index (Phi) is 2.82. The van der Waals surface area contributed by atoms with Gasteiger partial charge in [0.1, 0.15) is 0 Å². The van der Waals surface area contributed by atoms with E-state index in [1.54, 1.807) is 10.7 Å². The van der Waals surface area contributed by atoms with Crippen LogP contribution in [0.2, 0.25) is 0 Å². The minimum Gasteiger partial charge on any atom is -0.350 e. The monoisotopic (exact) mass is 272 g/mol. The maximum Gasteiger partial charge on any atom is 0.271 e.